The third-order valence-corrected chi connectivity index (χ3v) is 4.73. The molecule has 1 aromatic carbocycles. The molecule has 0 fully saturated rings. The van der Waals surface area contributed by atoms with E-state index in [4.69, 9.17) is 5.73 Å². The smallest absolute Gasteiger partial charge is 0.0724 e. The Hall–Kier alpha value is -2.07. The van der Waals surface area contributed by atoms with E-state index in [0.29, 0.717) is 0 Å². The molecule has 2 aromatic heterocycles. The van der Waals surface area contributed by atoms with Gasteiger partial charge in [0, 0.05) is 27.4 Å². The summed E-state index contributed by atoms with van der Waals surface area (Å²) in [6.07, 6.45) is 1.79. The number of hydrogen-bond acceptors (Lipinski definition) is 4. The number of anilines is 2. The molecule has 0 bridgehead atoms. The highest BCUT2D eigenvalue weighted by atomic mass is 32.1. The van der Waals surface area contributed by atoms with Gasteiger partial charge in [-0.25, -0.2) is 0 Å². The summed E-state index contributed by atoms with van der Waals surface area (Å²) in [6.45, 7) is 6.48. The summed E-state index contributed by atoms with van der Waals surface area (Å²) in [5.74, 6) is 0. The first kappa shape index (κ1) is 13.9. The van der Waals surface area contributed by atoms with Crippen molar-refractivity contribution in [1.29, 1.82) is 0 Å². The monoisotopic (exact) mass is 297 g/mol. The molecule has 21 heavy (non-hydrogen) atoms. The second-order valence-corrected chi connectivity index (χ2v) is 6.79. The summed E-state index contributed by atoms with van der Waals surface area (Å²) in [7, 11) is 0. The van der Waals surface area contributed by atoms with Crippen LogP contribution in [0.2, 0.25) is 0 Å². The molecule has 0 aliphatic heterocycles. The molecular formula is C17H19N3S. The van der Waals surface area contributed by atoms with Gasteiger partial charge < -0.3 is 11.1 Å². The number of rotatable bonds is 3. The predicted molar refractivity (Wildman–Crippen MR) is 92.0 cm³/mol. The molecular weight excluding hydrogens is 278 g/mol. The quantitative estimate of drug-likeness (QED) is 0.691. The summed E-state index contributed by atoms with van der Waals surface area (Å²) >= 11 is 1.83. The molecule has 2 heterocycles. The van der Waals surface area contributed by atoms with Crippen molar-refractivity contribution in [2.75, 3.05) is 11.1 Å². The largest absolute Gasteiger partial charge is 0.397 e. The topological polar surface area (TPSA) is 50.9 Å². The number of thiophene rings is 1. The number of nitrogens with two attached hydrogens (primary N) is 1. The van der Waals surface area contributed by atoms with Gasteiger partial charge in [0.25, 0.3) is 0 Å². The molecule has 4 heteroatoms. The Morgan fingerprint density at radius 2 is 2.05 bits per heavy atom. The lowest BCUT2D eigenvalue weighted by Crippen LogP contribution is -2.08. The number of aryl methyl sites for hydroxylation is 2. The molecule has 0 spiro atoms. The zero-order valence-corrected chi connectivity index (χ0v) is 13.3. The van der Waals surface area contributed by atoms with Gasteiger partial charge >= 0.3 is 0 Å². The number of nitrogens with one attached hydrogen (secondary N) is 1. The maximum atomic E-state index is 6.29. The first-order chi connectivity index (χ1) is 10.1. The predicted octanol–water partition coefficient (Wildman–Crippen LogP) is 4.67. The van der Waals surface area contributed by atoms with Crippen molar-refractivity contribution >= 4 is 33.6 Å². The van der Waals surface area contributed by atoms with Gasteiger partial charge in [-0.2, -0.15) is 0 Å². The van der Waals surface area contributed by atoms with Gasteiger partial charge in [-0.3, -0.25) is 4.98 Å². The van der Waals surface area contributed by atoms with Crippen LogP contribution < -0.4 is 11.1 Å². The highest BCUT2D eigenvalue weighted by Gasteiger charge is 2.13. The lowest BCUT2D eigenvalue weighted by molar-refractivity contribution is 0.883. The fourth-order valence-corrected chi connectivity index (χ4v) is 3.71. The van der Waals surface area contributed by atoms with E-state index in [2.05, 4.69) is 37.1 Å². The summed E-state index contributed by atoms with van der Waals surface area (Å²) in [6, 6.07) is 10.4. The average molecular weight is 297 g/mol. The molecule has 0 aliphatic carbocycles. The van der Waals surface area contributed by atoms with Gasteiger partial charge in [0.1, 0.15) is 0 Å². The molecule has 3 aromatic rings. The van der Waals surface area contributed by atoms with Crippen LogP contribution in [0.5, 0.6) is 0 Å². The number of nitrogen functional groups attached to an aromatic ring is 1. The van der Waals surface area contributed by atoms with Crippen LogP contribution in [-0.4, -0.2) is 4.98 Å². The van der Waals surface area contributed by atoms with Crippen molar-refractivity contribution in [2.45, 2.75) is 26.8 Å². The summed E-state index contributed by atoms with van der Waals surface area (Å²) in [5.41, 5.74) is 10.3. The minimum atomic E-state index is 0.228. The van der Waals surface area contributed by atoms with Crippen molar-refractivity contribution in [3.05, 3.63) is 51.8 Å². The van der Waals surface area contributed by atoms with E-state index in [0.717, 1.165) is 22.3 Å². The number of pyridine rings is 1. The molecule has 1 atom stereocenters. The summed E-state index contributed by atoms with van der Waals surface area (Å²) in [4.78, 5) is 7.03. The number of benzene rings is 1. The Kier molecular flexibility index (Phi) is 3.55. The van der Waals surface area contributed by atoms with Crippen LogP contribution in [0, 0.1) is 13.8 Å². The van der Waals surface area contributed by atoms with E-state index in [1.165, 1.54) is 15.3 Å². The van der Waals surface area contributed by atoms with Gasteiger partial charge in [-0.1, -0.05) is 0 Å². The zero-order chi connectivity index (χ0) is 15.0. The first-order valence-corrected chi connectivity index (χ1v) is 7.84. The Balaban J connectivity index is 1.94. The molecule has 0 saturated heterocycles. The van der Waals surface area contributed by atoms with E-state index >= 15 is 0 Å². The van der Waals surface area contributed by atoms with Crippen molar-refractivity contribution in [3.63, 3.8) is 0 Å². The van der Waals surface area contributed by atoms with E-state index < -0.39 is 0 Å². The molecule has 0 radical (unpaired) electrons. The molecule has 108 valence electrons. The third kappa shape index (κ3) is 2.59. The maximum absolute atomic E-state index is 6.29. The van der Waals surface area contributed by atoms with Crippen LogP contribution in [-0.2, 0) is 0 Å². The molecule has 3 N–H and O–H groups in total. The van der Waals surface area contributed by atoms with Gasteiger partial charge in [0.2, 0.25) is 0 Å². The van der Waals surface area contributed by atoms with Gasteiger partial charge in [-0.05, 0) is 56.7 Å². The maximum Gasteiger partial charge on any atom is 0.0724 e. The molecule has 0 amide bonds. The van der Waals surface area contributed by atoms with Crippen LogP contribution in [0.4, 0.5) is 11.4 Å². The second kappa shape index (κ2) is 5.37. The normalized spacial score (nSPS) is 12.5. The van der Waals surface area contributed by atoms with E-state index in [1.807, 2.05) is 35.6 Å². The lowest BCUT2D eigenvalue weighted by atomic mass is 10.1. The molecule has 3 nitrogen and oxygen atoms in total. The van der Waals surface area contributed by atoms with Crippen molar-refractivity contribution in [3.8, 4) is 0 Å². The van der Waals surface area contributed by atoms with Gasteiger partial charge in [-0.15, -0.1) is 11.3 Å². The van der Waals surface area contributed by atoms with Crippen LogP contribution in [0.25, 0.3) is 10.9 Å². The third-order valence-electron chi connectivity index (χ3n) is 3.74. The van der Waals surface area contributed by atoms with Gasteiger partial charge in [0.15, 0.2) is 0 Å². The Morgan fingerprint density at radius 3 is 2.76 bits per heavy atom. The van der Waals surface area contributed by atoms with Crippen molar-refractivity contribution in [1.82, 2.24) is 4.98 Å². The number of fused-ring (bicyclic) bond motifs is 1. The molecule has 0 saturated carbocycles. The lowest BCUT2D eigenvalue weighted by Gasteiger charge is -2.18. The van der Waals surface area contributed by atoms with Crippen LogP contribution >= 0.6 is 11.3 Å². The van der Waals surface area contributed by atoms with E-state index in [-0.39, 0.29) is 6.04 Å². The minimum Gasteiger partial charge on any atom is -0.397 e. The zero-order valence-electron chi connectivity index (χ0n) is 12.5. The van der Waals surface area contributed by atoms with E-state index in [9.17, 15) is 0 Å². The molecule has 3 rings (SSSR count). The van der Waals surface area contributed by atoms with Crippen molar-refractivity contribution in [2.24, 2.45) is 0 Å². The summed E-state index contributed by atoms with van der Waals surface area (Å²) < 4.78 is 0. The molecule has 1 unspecified atom stereocenters. The summed E-state index contributed by atoms with van der Waals surface area (Å²) in [5, 5.41) is 4.52. The Labute approximate surface area is 128 Å². The SMILES string of the molecule is Cc1cc(C(C)Nc2ccc3ncccc3c2N)c(C)s1. The Morgan fingerprint density at radius 1 is 1.24 bits per heavy atom. The fraction of sp³-hybridized carbons (Fsp3) is 0.235. The fourth-order valence-electron chi connectivity index (χ4n) is 2.69. The number of hydrogen-bond donors (Lipinski definition) is 2. The van der Waals surface area contributed by atoms with Gasteiger partial charge in [0.05, 0.1) is 16.9 Å². The van der Waals surface area contributed by atoms with Crippen molar-refractivity contribution < 1.29 is 0 Å². The minimum absolute atomic E-state index is 0.228. The second-order valence-electron chi connectivity index (χ2n) is 5.33. The standard InChI is InChI=1S/C17H19N3S/c1-10-9-14(12(3)21-10)11(2)20-16-7-6-15-13(17(16)18)5-4-8-19-15/h4-9,11,20H,18H2,1-3H3. The highest BCUT2D eigenvalue weighted by molar-refractivity contribution is 7.12. The number of aromatic nitrogens is 1. The molecule has 0 aliphatic rings. The first-order valence-electron chi connectivity index (χ1n) is 7.03. The average Bonchev–Trinajstić information content (AvgIpc) is 2.81. The van der Waals surface area contributed by atoms with Crippen LogP contribution in [0.1, 0.15) is 28.3 Å². The van der Waals surface area contributed by atoms with Crippen LogP contribution in [0.15, 0.2) is 36.5 Å². The van der Waals surface area contributed by atoms with E-state index in [1.54, 1.807) is 6.20 Å². The number of nitrogens with zero attached hydrogens (tertiary/aromatic N) is 1. The van der Waals surface area contributed by atoms with Crippen LogP contribution in [0.3, 0.4) is 0 Å². The Bertz CT molecular complexity index is 792. The highest BCUT2D eigenvalue weighted by Crippen LogP contribution is 2.33.